The monoisotopic (exact) mass is 429 g/mol. The summed E-state index contributed by atoms with van der Waals surface area (Å²) in [6.07, 6.45) is 13.8. The Morgan fingerprint density at radius 3 is 2.28 bits per heavy atom. The van der Waals surface area contributed by atoms with Gasteiger partial charge in [0, 0.05) is 28.8 Å². The normalized spacial score (nSPS) is 34.7. The predicted octanol–water partition coefficient (Wildman–Crippen LogP) is 4.15. The highest BCUT2D eigenvalue weighted by atomic mass is 16.8. The van der Waals surface area contributed by atoms with Crippen LogP contribution in [0.5, 0.6) is 0 Å². The van der Waals surface area contributed by atoms with Gasteiger partial charge in [-0.1, -0.05) is 12.1 Å². The van der Waals surface area contributed by atoms with E-state index < -0.39 is 0 Å². The Morgan fingerprint density at radius 1 is 1.03 bits per heavy atom. The van der Waals surface area contributed by atoms with Gasteiger partial charge in [0.2, 0.25) is 5.71 Å². The lowest BCUT2D eigenvalue weighted by Gasteiger charge is -2.60. The van der Waals surface area contributed by atoms with Crippen LogP contribution in [-0.2, 0) is 4.84 Å². The van der Waals surface area contributed by atoms with Gasteiger partial charge >= 0.3 is 0 Å². The van der Waals surface area contributed by atoms with Crippen LogP contribution in [0.4, 0.5) is 0 Å². The minimum Gasteiger partial charge on any atom is -0.612 e. The summed E-state index contributed by atoms with van der Waals surface area (Å²) in [7, 11) is 0. The Bertz CT molecular complexity index is 1070. The molecule has 4 bridgehead atoms. The summed E-state index contributed by atoms with van der Waals surface area (Å²) in [6.45, 7) is 0. The van der Waals surface area contributed by atoms with E-state index in [1.54, 1.807) is 24.3 Å². The third-order valence-electron chi connectivity index (χ3n) is 7.91. The number of hydrogen-bond donors (Lipinski definition) is 1. The summed E-state index contributed by atoms with van der Waals surface area (Å²) in [5.41, 5.74) is 5.69. The van der Waals surface area contributed by atoms with E-state index in [2.05, 4.69) is 16.4 Å². The SMILES string of the molecule is N#Cc1cccc(C2ONC(=C3C=CC(=[N+]([O-])[O-])C=C3)N2C23CC4CC(CC(C4)C2)C3)c1. The number of hydroxylamine groups is 1. The maximum Gasteiger partial charge on any atom is 0.222 e. The van der Waals surface area contributed by atoms with E-state index in [0.717, 1.165) is 54.0 Å². The van der Waals surface area contributed by atoms with Crippen molar-refractivity contribution in [1.29, 1.82) is 5.26 Å². The molecular formula is C25H25N4O3-. The zero-order chi connectivity index (χ0) is 21.9. The summed E-state index contributed by atoms with van der Waals surface area (Å²) in [5.74, 6) is 3.14. The van der Waals surface area contributed by atoms with E-state index in [1.165, 1.54) is 19.3 Å². The highest BCUT2D eigenvalue weighted by Gasteiger charge is 2.57. The van der Waals surface area contributed by atoms with Crippen LogP contribution in [0.3, 0.4) is 0 Å². The molecule has 1 unspecified atom stereocenters. The van der Waals surface area contributed by atoms with Gasteiger partial charge in [-0.2, -0.15) is 10.2 Å². The third kappa shape index (κ3) is 3.01. The quantitative estimate of drug-likeness (QED) is 0.560. The molecule has 0 amide bonds. The lowest BCUT2D eigenvalue weighted by atomic mass is 9.52. The van der Waals surface area contributed by atoms with Crippen LogP contribution in [0.25, 0.3) is 0 Å². The lowest BCUT2D eigenvalue weighted by Crippen LogP contribution is -2.59. The molecule has 7 heteroatoms. The van der Waals surface area contributed by atoms with E-state index in [0.29, 0.717) is 5.56 Å². The minimum absolute atomic E-state index is 0.00265. The van der Waals surface area contributed by atoms with Crippen LogP contribution in [0, 0.1) is 39.5 Å². The van der Waals surface area contributed by atoms with E-state index in [4.69, 9.17) is 4.84 Å². The molecule has 7 rings (SSSR count). The van der Waals surface area contributed by atoms with Crippen LogP contribution in [0.2, 0.25) is 0 Å². The van der Waals surface area contributed by atoms with Gasteiger partial charge in [0.1, 0.15) is 5.82 Å². The summed E-state index contributed by atoms with van der Waals surface area (Å²) >= 11 is 0. The van der Waals surface area contributed by atoms with Crippen LogP contribution in [-0.4, -0.2) is 21.1 Å². The van der Waals surface area contributed by atoms with Gasteiger partial charge in [0.25, 0.3) is 0 Å². The molecule has 0 radical (unpaired) electrons. The van der Waals surface area contributed by atoms with Crippen molar-refractivity contribution < 1.29 is 9.74 Å². The highest BCUT2D eigenvalue weighted by molar-refractivity contribution is 6.02. The zero-order valence-corrected chi connectivity index (χ0v) is 17.7. The van der Waals surface area contributed by atoms with Crippen molar-refractivity contribution in [2.45, 2.75) is 50.3 Å². The fourth-order valence-corrected chi connectivity index (χ4v) is 7.09. The zero-order valence-electron chi connectivity index (χ0n) is 17.7. The second-order valence-electron chi connectivity index (χ2n) is 9.97. The van der Waals surface area contributed by atoms with Crippen molar-refractivity contribution in [3.05, 3.63) is 81.5 Å². The van der Waals surface area contributed by atoms with E-state index >= 15 is 0 Å². The molecule has 0 aromatic heterocycles. The number of nitrogens with zero attached hydrogens (tertiary/aromatic N) is 3. The molecule has 7 nitrogen and oxygen atoms in total. The van der Waals surface area contributed by atoms with Crippen LogP contribution in [0.15, 0.2) is 60.0 Å². The average molecular weight is 430 g/mol. The molecule has 1 heterocycles. The molecule has 1 aromatic carbocycles. The topological polar surface area (TPSA) is 97.4 Å². The number of allylic oxidation sites excluding steroid dienone is 5. The minimum atomic E-state index is -0.375. The van der Waals surface area contributed by atoms with E-state index in [1.807, 2.05) is 24.3 Å². The summed E-state index contributed by atoms with van der Waals surface area (Å²) in [6, 6.07) is 9.86. The summed E-state index contributed by atoms with van der Waals surface area (Å²) < 4.78 is 0. The van der Waals surface area contributed by atoms with Crippen LogP contribution < -0.4 is 5.48 Å². The van der Waals surface area contributed by atoms with Crippen LogP contribution >= 0.6 is 0 Å². The first kappa shape index (κ1) is 19.4. The first-order valence-corrected chi connectivity index (χ1v) is 11.4. The van der Waals surface area contributed by atoms with E-state index in [-0.39, 0.29) is 22.4 Å². The molecule has 4 saturated carbocycles. The molecule has 32 heavy (non-hydrogen) atoms. The van der Waals surface area contributed by atoms with Gasteiger partial charge in [-0.05, 0) is 80.6 Å². The fraction of sp³-hybridized carbons (Fsp3) is 0.440. The molecule has 5 fully saturated rings. The lowest BCUT2D eigenvalue weighted by molar-refractivity contribution is -0.377. The van der Waals surface area contributed by atoms with Crippen molar-refractivity contribution in [2.24, 2.45) is 17.8 Å². The van der Waals surface area contributed by atoms with Gasteiger partial charge in [0.15, 0.2) is 6.23 Å². The van der Waals surface area contributed by atoms with Gasteiger partial charge in [-0.3, -0.25) is 0 Å². The molecule has 1 aromatic rings. The molecule has 1 aliphatic heterocycles. The standard InChI is InChI=1S/C25H25N4O3/c26-15-16-2-1-3-21(11-16)24-28(25-12-17-8-18(13-25)10-19(9-17)14-25)23(27-32-24)20-4-6-22(7-5-20)29(30)31/h1-7,11,17-19,24,27H,8-10,12-14H2/q-1. The Labute approximate surface area is 187 Å². The Hall–Kier alpha value is -3.24. The molecule has 1 N–H and O–H groups in total. The van der Waals surface area contributed by atoms with Crippen LogP contribution in [0.1, 0.15) is 55.9 Å². The average Bonchev–Trinajstić information content (AvgIpc) is 3.24. The van der Waals surface area contributed by atoms with E-state index in [9.17, 15) is 15.7 Å². The van der Waals surface area contributed by atoms with Gasteiger partial charge in [-0.15, -0.1) is 0 Å². The molecule has 6 aliphatic rings. The van der Waals surface area contributed by atoms with Crippen molar-refractivity contribution in [3.8, 4) is 6.07 Å². The number of hydrogen-bond acceptors (Lipinski definition) is 6. The molecule has 1 saturated heterocycles. The Kier molecular flexibility index (Phi) is 4.34. The maximum absolute atomic E-state index is 11.1. The smallest absolute Gasteiger partial charge is 0.222 e. The van der Waals surface area contributed by atoms with Crippen molar-refractivity contribution in [2.75, 3.05) is 0 Å². The number of nitriles is 1. The molecule has 5 aliphatic carbocycles. The highest BCUT2D eigenvalue weighted by Crippen LogP contribution is 2.60. The maximum atomic E-state index is 11.1. The first-order chi connectivity index (χ1) is 15.5. The predicted molar refractivity (Wildman–Crippen MR) is 118 cm³/mol. The molecular weight excluding hydrogens is 404 g/mol. The number of rotatable bonds is 2. The fourth-order valence-electron chi connectivity index (χ4n) is 7.09. The number of benzene rings is 1. The van der Waals surface area contributed by atoms with Crippen molar-refractivity contribution >= 4 is 5.71 Å². The second-order valence-corrected chi connectivity index (χ2v) is 9.97. The second kappa shape index (κ2) is 7.14. The summed E-state index contributed by atoms with van der Waals surface area (Å²) in [4.78, 5) is 8.22. The first-order valence-electron chi connectivity index (χ1n) is 11.4. The van der Waals surface area contributed by atoms with Gasteiger partial charge < -0.3 is 15.3 Å². The largest absolute Gasteiger partial charge is 0.612 e. The molecule has 0 spiro atoms. The van der Waals surface area contributed by atoms with Crippen molar-refractivity contribution in [1.82, 2.24) is 10.4 Å². The molecule has 1 atom stereocenters. The Balaban J connectivity index is 1.46. The third-order valence-corrected chi connectivity index (χ3v) is 7.91. The summed E-state index contributed by atoms with van der Waals surface area (Å²) in [5, 5.41) is 31.7. The number of nitrogens with one attached hydrogen (secondary N) is 1. The van der Waals surface area contributed by atoms with Gasteiger partial charge in [0.05, 0.1) is 11.6 Å². The van der Waals surface area contributed by atoms with Gasteiger partial charge in [-0.25, -0.2) is 10.3 Å². The van der Waals surface area contributed by atoms with Crippen molar-refractivity contribution in [3.63, 3.8) is 0 Å². The molecule has 164 valence electrons. The Morgan fingerprint density at radius 2 is 1.69 bits per heavy atom.